The molecular formula is C8H9BrN2O2. The van der Waals surface area contributed by atoms with Gasteiger partial charge in [0.15, 0.2) is 0 Å². The van der Waals surface area contributed by atoms with Crippen LogP contribution < -0.4 is 5.32 Å². The van der Waals surface area contributed by atoms with Crippen LogP contribution in [-0.4, -0.2) is 22.1 Å². The highest BCUT2D eigenvalue weighted by molar-refractivity contribution is 9.10. The lowest BCUT2D eigenvalue weighted by Gasteiger charge is -2.06. The van der Waals surface area contributed by atoms with Gasteiger partial charge in [-0.1, -0.05) is 0 Å². The highest BCUT2D eigenvalue weighted by Gasteiger charge is 2.08. The van der Waals surface area contributed by atoms with Crippen molar-refractivity contribution in [2.45, 2.75) is 13.0 Å². The largest absolute Gasteiger partial charge is 0.384 e. The van der Waals surface area contributed by atoms with Gasteiger partial charge in [0.25, 0.3) is 5.91 Å². The number of aliphatic hydroxyl groups excluding tert-OH is 1. The molecule has 0 aliphatic rings. The van der Waals surface area contributed by atoms with Gasteiger partial charge in [0, 0.05) is 10.7 Å². The van der Waals surface area contributed by atoms with E-state index in [4.69, 9.17) is 5.11 Å². The smallest absolute Gasteiger partial charge is 0.252 e. The number of rotatable bonds is 2. The monoisotopic (exact) mass is 244 g/mol. The van der Waals surface area contributed by atoms with Gasteiger partial charge in [-0.15, -0.1) is 0 Å². The predicted molar refractivity (Wildman–Crippen MR) is 52.2 cm³/mol. The van der Waals surface area contributed by atoms with Crippen LogP contribution in [-0.2, 0) is 4.79 Å². The van der Waals surface area contributed by atoms with Gasteiger partial charge in [-0.2, -0.15) is 0 Å². The van der Waals surface area contributed by atoms with Crippen molar-refractivity contribution in [3.8, 4) is 0 Å². The number of halogens is 1. The summed E-state index contributed by atoms with van der Waals surface area (Å²) < 4.78 is 0.774. The van der Waals surface area contributed by atoms with Crippen LogP contribution in [0.15, 0.2) is 22.9 Å². The van der Waals surface area contributed by atoms with Crippen molar-refractivity contribution in [2.75, 3.05) is 5.32 Å². The zero-order chi connectivity index (χ0) is 9.84. The first kappa shape index (κ1) is 10.1. The Hall–Kier alpha value is -0.940. The molecule has 0 fully saturated rings. The van der Waals surface area contributed by atoms with Crippen LogP contribution >= 0.6 is 15.9 Å². The number of nitrogens with one attached hydrogen (secondary N) is 1. The Balaban J connectivity index is 2.69. The van der Waals surface area contributed by atoms with Gasteiger partial charge in [0.1, 0.15) is 6.10 Å². The molecule has 0 saturated heterocycles. The fourth-order valence-corrected chi connectivity index (χ4v) is 1.09. The van der Waals surface area contributed by atoms with Crippen LogP contribution in [0.5, 0.6) is 0 Å². The molecule has 0 spiro atoms. The van der Waals surface area contributed by atoms with Crippen LogP contribution in [0.2, 0.25) is 0 Å². The number of amides is 1. The van der Waals surface area contributed by atoms with Crippen LogP contribution in [0.4, 0.5) is 5.69 Å². The molecular weight excluding hydrogens is 236 g/mol. The van der Waals surface area contributed by atoms with Gasteiger partial charge in [-0.05, 0) is 28.9 Å². The average Bonchev–Trinajstić information content (AvgIpc) is 2.04. The standard InChI is InChI=1S/C8H9BrN2O2/c1-5(12)8(13)11-7-2-6(9)3-10-4-7/h2-5,12H,1H3,(H,11,13)/t5-/m0/s1. The number of nitrogens with zero attached hydrogens (tertiary/aromatic N) is 1. The van der Waals surface area contributed by atoms with Gasteiger partial charge in [0.2, 0.25) is 0 Å². The van der Waals surface area contributed by atoms with E-state index in [-0.39, 0.29) is 0 Å². The Labute approximate surface area is 84.1 Å². The summed E-state index contributed by atoms with van der Waals surface area (Å²) in [7, 11) is 0. The molecule has 1 rings (SSSR count). The van der Waals surface area contributed by atoms with Gasteiger partial charge in [0.05, 0.1) is 11.9 Å². The molecule has 2 N–H and O–H groups in total. The highest BCUT2D eigenvalue weighted by atomic mass is 79.9. The fourth-order valence-electron chi connectivity index (χ4n) is 0.727. The van der Waals surface area contributed by atoms with E-state index in [1.165, 1.54) is 13.1 Å². The number of anilines is 1. The summed E-state index contributed by atoms with van der Waals surface area (Å²) in [6.07, 6.45) is 2.10. The van der Waals surface area contributed by atoms with Crippen molar-refractivity contribution >= 4 is 27.5 Å². The summed E-state index contributed by atoms with van der Waals surface area (Å²) in [5.74, 6) is -0.445. The quantitative estimate of drug-likeness (QED) is 0.821. The summed E-state index contributed by atoms with van der Waals surface area (Å²) in [6.45, 7) is 1.40. The van der Waals surface area contributed by atoms with Gasteiger partial charge in [-0.3, -0.25) is 9.78 Å². The minimum absolute atomic E-state index is 0.445. The van der Waals surface area contributed by atoms with Gasteiger partial charge in [-0.25, -0.2) is 0 Å². The van der Waals surface area contributed by atoms with Crippen LogP contribution in [0.1, 0.15) is 6.92 Å². The van der Waals surface area contributed by atoms with E-state index in [2.05, 4.69) is 26.2 Å². The molecule has 1 heterocycles. The molecule has 0 saturated carbocycles. The number of hydrogen-bond donors (Lipinski definition) is 2. The van der Waals surface area contributed by atoms with Crippen molar-refractivity contribution in [3.05, 3.63) is 22.9 Å². The summed E-state index contributed by atoms with van der Waals surface area (Å²) in [5.41, 5.74) is 0.556. The second kappa shape index (κ2) is 4.34. The molecule has 1 atom stereocenters. The number of carbonyl (C=O) groups is 1. The summed E-state index contributed by atoms with van der Waals surface area (Å²) in [4.78, 5) is 14.9. The topological polar surface area (TPSA) is 62.2 Å². The van der Waals surface area contributed by atoms with Crippen molar-refractivity contribution in [3.63, 3.8) is 0 Å². The number of hydrogen-bond acceptors (Lipinski definition) is 3. The van der Waals surface area contributed by atoms with Crippen molar-refractivity contribution in [1.82, 2.24) is 4.98 Å². The lowest BCUT2D eigenvalue weighted by atomic mass is 10.3. The zero-order valence-electron chi connectivity index (χ0n) is 6.99. The molecule has 0 aliphatic carbocycles. The maximum absolute atomic E-state index is 11.0. The van der Waals surface area contributed by atoms with E-state index in [0.717, 1.165) is 4.47 Å². The normalized spacial score (nSPS) is 12.2. The molecule has 1 aromatic heterocycles. The summed E-state index contributed by atoms with van der Waals surface area (Å²) in [6, 6.07) is 1.70. The predicted octanol–water partition coefficient (Wildman–Crippen LogP) is 1.16. The molecule has 1 amide bonds. The van der Waals surface area contributed by atoms with E-state index < -0.39 is 12.0 Å². The van der Waals surface area contributed by atoms with E-state index in [1.807, 2.05) is 0 Å². The van der Waals surface area contributed by atoms with Crippen LogP contribution in [0.25, 0.3) is 0 Å². The Kier molecular flexibility index (Phi) is 3.39. The third kappa shape index (κ3) is 3.12. The molecule has 0 aliphatic heterocycles. The molecule has 0 unspecified atom stereocenters. The first-order valence-electron chi connectivity index (χ1n) is 3.69. The summed E-state index contributed by atoms with van der Waals surface area (Å²) >= 11 is 3.21. The maximum atomic E-state index is 11.0. The minimum Gasteiger partial charge on any atom is -0.384 e. The number of aliphatic hydroxyl groups is 1. The Morgan fingerprint density at radius 1 is 1.69 bits per heavy atom. The van der Waals surface area contributed by atoms with E-state index in [9.17, 15) is 4.79 Å². The van der Waals surface area contributed by atoms with Crippen LogP contribution in [0, 0.1) is 0 Å². The van der Waals surface area contributed by atoms with E-state index in [1.54, 1.807) is 12.3 Å². The molecule has 0 radical (unpaired) electrons. The van der Waals surface area contributed by atoms with Crippen LogP contribution in [0.3, 0.4) is 0 Å². The molecule has 70 valence electrons. The third-order valence-electron chi connectivity index (χ3n) is 1.35. The van der Waals surface area contributed by atoms with E-state index in [0.29, 0.717) is 5.69 Å². The van der Waals surface area contributed by atoms with Gasteiger partial charge >= 0.3 is 0 Å². The zero-order valence-corrected chi connectivity index (χ0v) is 8.58. The Morgan fingerprint density at radius 2 is 2.38 bits per heavy atom. The van der Waals surface area contributed by atoms with Gasteiger partial charge < -0.3 is 10.4 Å². The number of pyridine rings is 1. The SMILES string of the molecule is C[C@H](O)C(=O)Nc1cncc(Br)c1. The lowest BCUT2D eigenvalue weighted by Crippen LogP contribution is -2.24. The third-order valence-corrected chi connectivity index (χ3v) is 1.79. The Bertz CT molecular complexity index is 315. The number of aromatic nitrogens is 1. The lowest BCUT2D eigenvalue weighted by molar-refractivity contribution is -0.123. The highest BCUT2D eigenvalue weighted by Crippen LogP contribution is 2.13. The molecule has 1 aromatic rings. The first-order chi connectivity index (χ1) is 6.09. The summed E-state index contributed by atoms with van der Waals surface area (Å²) in [5, 5.41) is 11.4. The van der Waals surface area contributed by atoms with Crippen molar-refractivity contribution in [1.29, 1.82) is 0 Å². The fraction of sp³-hybridized carbons (Fsp3) is 0.250. The van der Waals surface area contributed by atoms with Crippen molar-refractivity contribution in [2.24, 2.45) is 0 Å². The molecule has 13 heavy (non-hydrogen) atoms. The van der Waals surface area contributed by atoms with Crippen molar-refractivity contribution < 1.29 is 9.90 Å². The molecule has 5 heteroatoms. The van der Waals surface area contributed by atoms with E-state index >= 15 is 0 Å². The molecule has 0 aromatic carbocycles. The first-order valence-corrected chi connectivity index (χ1v) is 4.48. The molecule has 4 nitrogen and oxygen atoms in total. The molecule has 0 bridgehead atoms. The average molecular weight is 245 g/mol. The maximum Gasteiger partial charge on any atom is 0.252 e. The Morgan fingerprint density at radius 3 is 2.92 bits per heavy atom. The second-order valence-corrected chi connectivity index (χ2v) is 3.47. The minimum atomic E-state index is -1.01. The number of carbonyl (C=O) groups excluding carboxylic acids is 1. The second-order valence-electron chi connectivity index (χ2n) is 2.56.